The molecule has 2 fully saturated rings. The number of benzene rings is 4. The molecule has 1 heterocycles. The first kappa shape index (κ1) is 31.1. The lowest BCUT2D eigenvalue weighted by molar-refractivity contribution is 0.113. The monoisotopic (exact) mass is 600 g/mol. The standard InChI is InChI=1S/C40H48N4O/c45-40(41-25-22-32-10-3-1-4-11-32)44(39-23-26-43(27-24-39)30-34-12-5-2-6-13-34)31-35-14-9-15-37(28-35)36-20-18-33(19-21-36)29-42-38-16-7-8-17-38/h1-6,9-15,18-21,28,38-39,42H,7-8,16-17,22-27,29-31H2,(H,41,45). The molecule has 0 bridgehead atoms. The van der Waals surface area contributed by atoms with Crippen LogP contribution in [0.25, 0.3) is 11.1 Å². The Bertz CT molecular complexity index is 1460. The van der Waals surface area contributed by atoms with Crippen molar-refractivity contribution in [3.05, 3.63) is 131 Å². The Morgan fingerprint density at radius 2 is 1.36 bits per heavy atom. The van der Waals surface area contributed by atoms with Gasteiger partial charge in [-0.3, -0.25) is 4.90 Å². The van der Waals surface area contributed by atoms with Crippen LogP contribution in [0.4, 0.5) is 4.79 Å². The van der Waals surface area contributed by atoms with Crippen LogP contribution in [-0.4, -0.2) is 47.5 Å². The van der Waals surface area contributed by atoms with Gasteiger partial charge in [0.25, 0.3) is 0 Å². The van der Waals surface area contributed by atoms with E-state index in [9.17, 15) is 4.79 Å². The molecule has 2 amide bonds. The molecule has 5 nitrogen and oxygen atoms in total. The van der Waals surface area contributed by atoms with Crippen LogP contribution in [-0.2, 0) is 26.1 Å². The van der Waals surface area contributed by atoms with Gasteiger partial charge >= 0.3 is 6.03 Å². The molecule has 45 heavy (non-hydrogen) atoms. The van der Waals surface area contributed by atoms with Crippen molar-refractivity contribution in [1.29, 1.82) is 0 Å². The average Bonchev–Trinajstić information content (AvgIpc) is 3.62. The van der Waals surface area contributed by atoms with Gasteiger partial charge in [-0.15, -0.1) is 0 Å². The van der Waals surface area contributed by atoms with Gasteiger partial charge in [0.2, 0.25) is 0 Å². The van der Waals surface area contributed by atoms with Gasteiger partial charge < -0.3 is 15.5 Å². The van der Waals surface area contributed by atoms with Crippen molar-refractivity contribution < 1.29 is 4.79 Å². The fourth-order valence-corrected chi connectivity index (χ4v) is 6.91. The minimum atomic E-state index is 0.0389. The Morgan fingerprint density at radius 3 is 2.07 bits per heavy atom. The summed E-state index contributed by atoms with van der Waals surface area (Å²) in [4.78, 5) is 18.4. The minimum absolute atomic E-state index is 0.0389. The molecule has 234 valence electrons. The summed E-state index contributed by atoms with van der Waals surface area (Å²) in [6, 6.07) is 39.7. The molecule has 5 heteroatoms. The van der Waals surface area contributed by atoms with Crippen LogP contribution in [0.3, 0.4) is 0 Å². The topological polar surface area (TPSA) is 47.6 Å². The van der Waals surface area contributed by atoms with Crippen molar-refractivity contribution in [2.75, 3.05) is 19.6 Å². The summed E-state index contributed by atoms with van der Waals surface area (Å²) in [5, 5.41) is 6.97. The highest BCUT2D eigenvalue weighted by Gasteiger charge is 2.28. The SMILES string of the molecule is O=C(NCCc1ccccc1)N(Cc1cccc(-c2ccc(CNC3CCCC3)cc2)c1)C1CCN(Cc2ccccc2)CC1. The number of nitrogens with one attached hydrogen (secondary N) is 2. The van der Waals surface area contributed by atoms with E-state index in [1.807, 2.05) is 6.07 Å². The number of carbonyl (C=O) groups excluding carboxylic acids is 1. The molecule has 0 unspecified atom stereocenters. The van der Waals surface area contributed by atoms with Crippen molar-refractivity contribution in [2.45, 2.75) is 76.7 Å². The van der Waals surface area contributed by atoms with Crippen molar-refractivity contribution in [2.24, 2.45) is 0 Å². The third-order valence-electron chi connectivity index (χ3n) is 9.56. The van der Waals surface area contributed by atoms with Gasteiger partial charge in [0.1, 0.15) is 0 Å². The van der Waals surface area contributed by atoms with Gasteiger partial charge in [0.15, 0.2) is 0 Å². The second-order valence-corrected chi connectivity index (χ2v) is 12.8. The highest BCUT2D eigenvalue weighted by atomic mass is 16.2. The summed E-state index contributed by atoms with van der Waals surface area (Å²) >= 11 is 0. The van der Waals surface area contributed by atoms with Crippen molar-refractivity contribution >= 4 is 6.03 Å². The molecule has 0 atom stereocenters. The van der Waals surface area contributed by atoms with Crippen LogP contribution >= 0.6 is 0 Å². The summed E-state index contributed by atoms with van der Waals surface area (Å²) in [5.41, 5.74) is 7.51. The van der Waals surface area contributed by atoms with Gasteiger partial charge in [-0.1, -0.05) is 116 Å². The number of hydrogen-bond acceptors (Lipinski definition) is 3. The summed E-state index contributed by atoms with van der Waals surface area (Å²) in [7, 11) is 0. The predicted octanol–water partition coefficient (Wildman–Crippen LogP) is 7.80. The first-order valence-corrected chi connectivity index (χ1v) is 17.0. The number of amides is 2. The van der Waals surface area contributed by atoms with Crippen molar-refractivity contribution in [3.8, 4) is 11.1 Å². The van der Waals surface area contributed by atoms with E-state index >= 15 is 0 Å². The van der Waals surface area contributed by atoms with Gasteiger partial charge in [0.05, 0.1) is 0 Å². The summed E-state index contributed by atoms with van der Waals surface area (Å²) in [5.74, 6) is 0. The number of urea groups is 1. The van der Waals surface area contributed by atoms with E-state index in [1.54, 1.807) is 0 Å². The van der Waals surface area contributed by atoms with Crippen LogP contribution in [0.1, 0.15) is 60.8 Å². The lowest BCUT2D eigenvalue weighted by atomic mass is 9.99. The number of carbonyl (C=O) groups is 1. The second-order valence-electron chi connectivity index (χ2n) is 12.8. The van der Waals surface area contributed by atoms with Gasteiger partial charge in [0, 0.05) is 51.4 Å². The Balaban J connectivity index is 1.10. The van der Waals surface area contributed by atoms with Crippen LogP contribution in [0, 0.1) is 0 Å². The molecule has 0 radical (unpaired) electrons. The smallest absolute Gasteiger partial charge is 0.317 e. The van der Waals surface area contributed by atoms with E-state index in [4.69, 9.17) is 0 Å². The van der Waals surface area contributed by atoms with E-state index in [0.29, 0.717) is 19.1 Å². The summed E-state index contributed by atoms with van der Waals surface area (Å²) < 4.78 is 0. The average molecular weight is 601 g/mol. The molecular weight excluding hydrogens is 552 g/mol. The predicted molar refractivity (Wildman–Crippen MR) is 185 cm³/mol. The molecule has 1 saturated carbocycles. The summed E-state index contributed by atoms with van der Waals surface area (Å²) in [6.45, 7) is 5.13. The first-order valence-electron chi connectivity index (χ1n) is 17.0. The molecule has 0 spiro atoms. The van der Waals surface area contributed by atoms with Crippen LogP contribution < -0.4 is 10.6 Å². The third kappa shape index (κ3) is 9.06. The highest BCUT2D eigenvalue weighted by molar-refractivity contribution is 5.75. The molecule has 2 N–H and O–H groups in total. The molecule has 6 rings (SSSR count). The zero-order valence-corrected chi connectivity index (χ0v) is 26.5. The normalized spacial score (nSPS) is 16.1. The first-order chi connectivity index (χ1) is 22.2. The van der Waals surface area contributed by atoms with E-state index in [1.165, 1.54) is 59.1 Å². The van der Waals surface area contributed by atoms with E-state index in [-0.39, 0.29) is 12.1 Å². The van der Waals surface area contributed by atoms with Crippen LogP contribution in [0.2, 0.25) is 0 Å². The van der Waals surface area contributed by atoms with E-state index < -0.39 is 0 Å². The quantitative estimate of drug-likeness (QED) is 0.174. The number of nitrogens with zero attached hydrogens (tertiary/aromatic N) is 2. The van der Waals surface area contributed by atoms with Gasteiger partial charge in [-0.05, 0) is 71.6 Å². The number of rotatable bonds is 12. The Morgan fingerprint density at radius 1 is 0.689 bits per heavy atom. The lowest BCUT2D eigenvalue weighted by Crippen LogP contribution is -2.50. The molecule has 1 aliphatic heterocycles. The maximum absolute atomic E-state index is 13.8. The fourth-order valence-electron chi connectivity index (χ4n) is 6.91. The molecular formula is C40H48N4O. The second kappa shape index (κ2) is 15.9. The van der Waals surface area contributed by atoms with E-state index in [2.05, 4.69) is 124 Å². The number of likely N-dealkylation sites (tertiary alicyclic amines) is 1. The Labute approximate surface area is 269 Å². The molecule has 4 aromatic carbocycles. The van der Waals surface area contributed by atoms with Crippen LogP contribution in [0.5, 0.6) is 0 Å². The molecule has 1 aliphatic carbocycles. The van der Waals surface area contributed by atoms with Gasteiger partial charge in [-0.2, -0.15) is 0 Å². The zero-order chi connectivity index (χ0) is 30.7. The highest BCUT2D eigenvalue weighted by Crippen LogP contribution is 2.25. The largest absolute Gasteiger partial charge is 0.338 e. The Hall–Kier alpha value is -3.93. The Kier molecular flexibility index (Phi) is 11.0. The molecule has 1 saturated heterocycles. The van der Waals surface area contributed by atoms with Crippen molar-refractivity contribution in [3.63, 3.8) is 0 Å². The minimum Gasteiger partial charge on any atom is -0.338 e. The van der Waals surface area contributed by atoms with E-state index in [0.717, 1.165) is 45.4 Å². The number of piperidine rings is 1. The fraction of sp³-hybridized carbons (Fsp3) is 0.375. The summed E-state index contributed by atoms with van der Waals surface area (Å²) in [6.07, 6.45) is 8.11. The lowest BCUT2D eigenvalue weighted by Gasteiger charge is -2.38. The number of hydrogen-bond donors (Lipinski definition) is 2. The maximum Gasteiger partial charge on any atom is 0.317 e. The zero-order valence-electron chi connectivity index (χ0n) is 26.5. The van der Waals surface area contributed by atoms with Gasteiger partial charge in [-0.25, -0.2) is 4.79 Å². The molecule has 2 aliphatic rings. The van der Waals surface area contributed by atoms with Crippen LogP contribution in [0.15, 0.2) is 109 Å². The molecule has 4 aromatic rings. The molecule has 0 aromatic heterocycles. The maximum atomic E-state index is 13.8. The van der Waals surface area contributed by atoms with Crippen molar-refractivity contribution in [1.82, 2.24) is 20.4 Å². The third-order valence-corrected chi connectivity index (χ3v) is 9.56.